The lowest BCUT2D eigenvalue weighted by Crippen LogP contribution is -2.35. The van der Waals surface area contributed by atoms with Crippen LogP contribution in [0.4, 0.5) is 5.69 Å². The van der Waals surface area contributed by atoms with E-state index >= 15 is 0 Å². The van der Waals surface area contributed by atoms with Crippen molar-refractivity contribution in [3.8, 4) is 0 Å². The molecular weight excluding hydrogens is 330 g/mol. The van der Waals surface area contributed by atoms with Gasteiger partial charge in [0, 0.05) is 47.2 Å². The summed E-state index contributed by atoms with van der Waals surface area (Å²) in [5.41, 5.74) is 2.03. The summed E-state index contributed by atoms with van der Waals surface area (Å²) in [4.78, 5) is 6.99. The molecule has 0 spiro atoms. The van der Waals surface area contributed by atoms with Gasteiger partial charge in [-0.3, -0.25) is 4.98 Å². The molecule has 1 aliphatic heterocycles. The first kappa shape index (κ1) is 17.1. The minimum absolute atomic E-state index is 0.719. The molecule has 1 aliphatic carbocycles. The fourth-order valence-corrected chi connectivity index (χ4v) is 3.81. The van der Waals surface area contributed by atoms with Crippen LogP contribution in [0.15, 0.2) is 30.5 Å². The van der Waals surface area contributed by atoms with Crippen LogP contribution in [-0.4, -0.2) is 36.1 Å². The molecule has 129 valence electrons. The Morgan fingerprint density at radius 2 is 1.88 bits per heavy atom. The van der Waals surface area contributed by atoms with Gasteiger partial charge in [-0.05, 0) is 69.5 Å². The number of fused-ring (bicyclic) bond motifs is 1. The number of halogens is 1. The van der Waals surface area contributed by atoms with E-state index in [2.05, 4.69) is 34.5 Å². The predicted octanol–water partition coefficient (Wildman–Crippen LogP) is 4.56. The van der Waals surface area contributed by atoms with Gasteiger partial charge in [0.05, 0.1) is 5.52 Å². The Labute approximate surface area is 155 Å². The fourth-order valence-electron chi connectivity index (χ4n) is 3.65. The zero-order valence-corrected chi connectivity index (χ0v) is 15.1. The number of anilines is 1. The second-order valence-corrected chi connectivity index (χ2v) is 7.22. The van der Waals surface area contributed by atoms with Gasteiger partial charge in [0.25, 0.3) is 0 Å². The molecule has 2 aromatic rings. The van der Waals surface area contributed by atoms with Crippen LogP contribution < -0.4 is 5.32 Å². The summed E-state index contributed by atoms with van der Waals surface area (Å²) < 4.78 is 0. The van der Waals surface area contributed by atoms with E-state index in [4.69, 9.17) is 11.6 Å². The molecule has 1 saturated heterocycles. The largest absolute Gasteiger partial charge is 0.384 e. The van der Waals surface area contributed by atoms with Crippen molar-refractivity contribution >= 4 is 28.2 Å². The van der Waals surface area contributed by atoms with Crippen molar-refractivity contribution < 1.29 is 0 Å². The standard InChI is InChI=1S/C21H23ClN3/c22-18-7-8-19-20(9-10-23-21(19)13-18)24-14-16-5-4-6-17(16)15-25-11-2-1-3-12-25/h4-10,13H,1-3,11-12,14-15H2,(H,23,24). The van der Waals surface area contributed by atoms with E-state index in [0.29, 0.717) is 0 Å². The van der Waals surface area contributed by atoms with Crippen LogP contribution in [0.3, 0.4) is 0 Å². The van der Waals surface area contributed by atoms with Gasteiger partial charge < -0.3 is 10.2 Å². The number of aromatic nitrogens is 1. The van der Waals surface area contributed by atoms with Gasteiger partial charge in [0.2, 0.25) is 0 Å². The predicted molar refractivity (Wildman–Crippen MR) is 105 cm³/mol. The van der Waals surface area contributed by atoms with Crippen LogP contribution in [0, 0.1) is 31.1 Å². The van der Waals surface area contributed by atoms with E-state index in [1.54, 1.807) is 0 Å². The number of benzene rings is 1. The second-order valence-electron chi connectivity index (χ2n) is 6.79. The molecule has 5 radical (unpaired) electrons. The quantitative estimate of drug-likeness (QED) is 0.854. The third-order valence-corrected chi connectivity index (χ3v) is 5.26. The number of hydrogen-bond acceptors (Lipinski definition) is 3. The first-order valence-electron chi connectivity index (χ1n) is 9.03. The Kier molecular flexibility index (Phi) is 5.42. The zero-order valence-electron chi connectivity index (χ0n) is 14.3. The Morgan fingerprint density at radius 3 is 2.76 bits per heavy atom. The van der Waals surface area contributed by atoms with E-state index in [1.165, 1.54) is 44.2 Å². The summed E-state index contributed by atoms with van der Waals surface area (Å²) in [5, 5.41) is 5.41. The smallest absolute Gasteiger partial charge is 0.0737 e. The fraction of sp³-hybridized carbons (Fsp3) is 0.333. The van der Waals surface area contributed by atoms with Crippen molar-refractivity contribution in [3.05, 3.63) is 66.6 Å². The van der Waals surface area contributed by atoms with E-state index in [0.717, 1.165) is 34.7 Å². The van der Waals surface area contributed by atoms with Crippen molar-refractivity contribution in [1.29, 1.82) is 0 Å². The van der Waals surface area contributed by atoms with Crippen LogP contribution in [0.2, 0.25) is 5.02 Å². The van der Waals surface area contributed by atoms with E-state index in [-0.39, 0.29) is 0 Å². The summed E-state index contributed by atoms with van der Waals surface area (Å²) >= 11 is 6.08. The lowest BCUT2D eigenvalue weighted by Gasteiger charge is -2.30. The highest BCUT2D eigenvalue weighted by molar-refractivity contribution is 6.31. The molecule has 1 saturated carbocycles. The molecule has 1 N–H and O–H groups in total. The summed E-state index contributed by atoms with van der Waals surface area (Å²) in [5.74, 6) is 2.82. The van der Waals surface area contributed by atoms with Crippen molar-refractivity contribution in [2.75, 3.05) is 31.5 Å². The highest BCUT2D eigenvalue weighted by atomic mass is 35.5. The molecule has 1 aromatic heterocycles. The molecule has 0 amide bonds. The number of likely N-dealkylation sites (tertiary alicyclic amines) is 1. The highest BCUT2D eigenvalue weighted by Gasteiger charge is 2.30. The van der Waals surface area contributed by atoms with Crippen LogP contribution in [0.1, 0.15) is 19.3 Å². The molecule has 4 rings (SSSR count). The average Bonchev–Trinajstić information content (AvgIpc) is 3.07. The molecule has 0 atom stereocenters. The number of hydrogen-bond donors (Lipinski definition) is 1. The molecule has 2 heterocycles. The normalized spacial score (nSPS) is 20.4. The van der Waals surface area contributed by atoms with Crippen molar-refractivity contribution in [1.82, 2.24) is 9.88 Å². The topological polar surface area (TPSA) is 28.2 Å². The van der Waals surface area contributed by atoms with Crippen LogP contribution >= 0.6 is 11.6 Å². The Bertz CT molecular complexity index is 711. The molecule has 1 aromatic carbocycles. The van der Waals surface area contributed by atoms with Crippen molar-refractivity contribution in [2.45, 2.75) is 19.3 Å². The maximum atomic E-state index is 6.08. The lowest BCUT2D eigenvalue weighted by atomic mass is 9.94. The number of piperidine rings is 1. The molecule has 2 fully saturated rings. The first-order chi connectivity index (χ1) is 12.3. The van der Waals surface area contributed by atoms with Crippen LogP contribution in [-0.2, 0) is 0 Å². The summed E-state index contributed by atoms with van der Waals surface area (Å²) in [6.45, 7) is 4.36. The summed E-state index contributed by atoms with van der Waals surface area (Å²) in [6, 6.07) is 7.89. The Balaban J connectivity index is 1.40. The van der Waals surface area contributed by atoms with E-state index < -0.39 is 0 Å². The highest BCUT2D eigenvalue weighted by Crippen LogP contribution is 2.35. The molecule has 3 nitrogen and oxygen atoms in total. The van der Waals surface area contributed by atoms with Crippen molar-refractivity contribution in [2.24, 2.45) is 0 Å². The monoisotopic (exact) mass is 352 g/mol. The lowest BCUT2D eigenvalue weighted by molar-refractivity contribution is 0.239. The van der Waals surface area contributed by atoms with Crippen LogP contribution in [0.25, 0.3) is 10.9 Å². The zero-order chi connectivity index (χ0) is 17.1. The van der Waals surface area contributed by atoms with Gasteiger partial charge in [0.15, 0.2) is 0 Å². The summed E-state index contributed by atoms with van der Waals surface area (Å²) in [6.07, 6.45) is 12.5. The molecule has 0 bridgehead atoms. The van der Waals surface area contributed by atoms with Crippen molar-refractivity contribution in [3.63, 3.8) is 0 Å². The molecule has 4 heteroatoms. The number of nitrogens with one attached hydrogen (secondary N) is 1. The molecular formula is C21H23ClN3. The van der Waals surface area contributed by atoms with Gasteiger partial charge in [-0.1, -0.05) is 18.0 Å². The minimum atomic E-state index is 0.719. The third-order valence-electron chi connectivity index (χ3n) is 5.02. The van der Waals surface area contributed by atoms with Crippen LogP contribution in [0.5, 0.6) is 0 Å². The Hall–Kier alpha value is -1.32. The molecule has 0 unspecified atom stereocenters. The summed E-state index contributed by atoms with van der Waals surface area (Å²) in [7, 11) is 0. The Morgan fingerprint density at radius 1 is 1.04 bits per heavy atom. The molecule has 25 heavy (non-hydrogen) atoms. The van der Waals surface area contributed by atoms with Gasteiger partial charge >= 0.3 is 0 Å². The maximum absolute atomic E-state index is 6.08. The molecule has 2 aliphatic rings. The average molecular weight is 353 g/mol. The SMILES string of the molecule is Clc1ccc2c(NC[C]3[CH][CH][CH][C]3CN3CCCCC3)ccnc2c1. The number of nitrogens with zero attached hydrogens (tertiary/aromatic N) is 2. The third kappa shape index (κ3) is 4.09. The van der Waals surface area contributed by atoms with Gasteiger partial charge in [0.1, 0.15) is 0 Å². The second kappa shape index (κ2) is 7.92. The minimum Gasteiger partial charge on any atom is -0.384 e. The van der Waals surface area contributed by atoms with E-state index in [9.17, 15) is 0 Å². The van der Waals surface area contributed by atoms with E-state index in [1.807, 2.05) is 30.5 Å². The maximum Gasteiger partial charge on any atom is 0.0737 e. The van der Waals surface area contributed by atoms with Gasteiger partial charge in [-0.2, -0.15) is 0 Å². The first-order valence-corrected chi connectivity index (χ1v) is 9.41. The number of pyridine rings is 1. The van der Waals surface area contributed by atoms with Gasteiger partial charge in [-0.15, -0.1) is 0 Å². The van der Waals surface area contributed by atoms with Gasteiger partial charge in [-0.25, -0.2) is 0 Å². The number of rotatable bonds is 5.